The minimum absolute atomic E-state index is 0.121. The molecule has 1 atom stereocenters. The second-order valence-corrected chi connectivity index (χ2v) is 8.70. The third kappa shape index (κ3) is 4.08. The van der Waals surface area contributed by atoms with Crippen LogP contribution in [-0.4, -0.2) is 55.2 Å². The van der Waals surface area contributed by atoms with E-state index in [1.165, 1.54) is 16.4 Å². The monoisotopic (exact) mass is 373 g/mol. The Morgan fingerprint density at radius 1 is 1.29 bits per heavy atom. The van der Waals surface area contributed by atoms with Crippen LogP contribution in [0.4, 0.5) is 0 Å². The zero-order valence-corrected chi connectivity index (χ0v) is 15.6. The number of hydrogen-bond donors (Lipinski definition) is 1. The third-order valence-electron chi connectivity index (χ3n) is 4.22. The van der Waals surface area contributed by atoms with Crippen molar-refractivity contribution in [3.8, 4) is 0 Å². The van der Waals surface area contributed by atoms with E-state index in [9.17, 15) is 13.2 Å². The Morgan fingerprint density at radius 3 is 2.46 bits per heavy atom. The zero-order chi connectivity index (χ0) is 18.0. The highest BCUT2D eigenvalue weighted by molar-refractivity contribution is 7.89. The molecule has 1 heterocycles. The molecule has 0 bridgehead atoms. The number of rotatable bonds is 5. The molecule has 1 aromatic carbocycles. The minimum atomic E-state index is -3.60. The summed E-state index contributed by atoms with van der Waals surface area (Å²) in [4.78, 5) is 14.3. The van der Waals surface area contributed by atoms with Gasteiger partial charge in [0, 0.05) is 31.2 Å². The van der Waals surface area contributed by atoms with Gasteiger partial charge in [0.05, 0.1) is 10.4 Å². The van der Waals surface area contributed by atoms with Gasteiger partial charge in [-0.1, -0.05) is 31.0 Å². The van der Waals surface area contributed by atoms with Gasteiger partial charge in [-0.25, -0.2) is 8.42 Å². The average molecular weight is 374 g/mol. The van der Waals surface area contributed by atoms with Crippen molar-refractivity contribution in [1.29, 1.82) is 0 Å². The number of halogens is 1. The minimum Gasteiger partial charge on any atom is -0.338 e. The lowest BCUT2D eigenvalue weighted by atomic mass is 9.95. The van der Waals surface area contributed by atoms with Crippen molar-refractivity contribution in [2.45, 2.75) is 37.1 Å². The maximum atomic E-state index is 12.7. The van der Waals surface area contributed by atoms with Crippen molar-refractivity contribution in [1.82, 2.24) is 9.21 Å². The van der Waals surface area contributed by atoms with Crippen molar-refractivity contribution >= 4 is 27.5 Å². The lowest BCUT2D eigenvalue weighted by molar-refractivity contribution is -0.137. The molecule has 1 fully saturated rings. The Labute approximate surface area is 148 Å². The van der Waals surface area contributed by atoms with Gasteiger partial charge in [0.25, 0.3) is 0 Å². The van der Waals surface area contributed by atoms with E-state index in [-0.39, 0.29) is 23.9 Å². The fourth-order valence-electron chi connectivity index (χ4n) is 2.90. The Bertz CT molecular complexity index is 698. The molecule has 0 radical (unpaired) electrons. The predicted molar refractivity (Wildman–Crippen MR) is 94.3 cm³/mol. The van der Waals surface area contributed by atoms with Gasteiger partial charge in [0.2, 0.25) is 15.9 Å². The highest BCUT2D eigenvalue weighted by atomic mass is 35.5. The van der Waals surface area contributed by atoms with E-state index < -0.39 is 15.6 Å². The number of carbonyl (C=O) groups excluding carboxylic acids is 1. The summed E-state index contributed by atoms with van der Waals surface area (Å²) in [6.45, 7) is 4.90. The summed E-state index contributed by atoms with van der Waals surface area (Å²) >= 11 is 5.88. The summed E-state index contributed by atoms with van der Waals surface area (Å²) in [6.07, 6.45) is 1.43. The van der Waals surface area contributed by atoms with Crippen molar-refractivity contribution in [3.05, 3.63) is 29.3 Å². The molecular formula is C16H24ClN3O3S. The van der Waals surface area contributed by atoms with Gasteiger partial charge in [0.15, 0.2) is 0 Å². The van der Waals surface area contributed by atoms with Crippen LogP contribution in [0.1, 0.15) is 26.7 Å². The molecule has 134 valence electrons. The molecule has 0 saturated carbocycles. The van der Waals surface area contributed by atoms with Crippen LogP contribution in [0.2, 0.25) is 5.02 Å². The number of benzene rings is 1. The summed E-state index contributed by atoms with van der Waals surface area (Å²) in [5.74, 6) is -0.121. The number of hydrogen-bond acceptors (Lipinski definition) is 4. The van der Waals surface area contributed by atoms with Crippen LogP contribution in [0.15, 0.2) is 29.2 Å². The molecule has 1 aliphatic heterocycles. The van der Waals surface area contributed by atoms with Crippen molar-refractivity contribution in [2.75, 3.05) is 26.2 Å². The van der Waals surface area contributed by atoms with Crippen LogP contribution in [0.5, 0.6) is 0 Å². The Balaban J connectivity index is 2.06. The number of amides is 1. The highest BCUT2D eigenvalue weighted by Gasteiger charge is 2.36. The number of nitrogens with zero attached hydrogens (tertiary/aromatic N) is 2. The van der Waals surface area contributed by atoms with Gasteiger partial charge in [-0.15, -0.1) is 0 Å². The Kier molecular flexibility index (Phi) is 5.91. The van der Waals surface area contributed by atoms with Gasteiger partial charge >= 0.3 is 0 Å². The first-order valence-corrected chi connectivity index (χ1v) is 9.84. The van der Waals surface area contributed by atoms with Crippen LogP contribution < -0.4 is 5.73 Å². The van der Waals surface area contributed by atoms with Gasteiger partial charge < -0.3 is 10.6 Å². The molecule has 2 N–H and O–H groups in total. The molecule has 6 nitrogen and oxygen atoms in total. The van der Waals surface area contributed by atoms with E-state index in [2.05, 4.69) is 0 Å². The Hall–Kier alpha value is -1.15. The molecule has 1 aromatic rings. The highest BCUT2D eigenvalue weighted by Crippen LogP contribution is 2.22. The fourth-order valence-corrected chi connectivity index (χ4v) is 4.62. The molecule has 0 spiro atoms. The van der Waals surface area contributed by atoms with Crippen LogP contribution in [0.25, 0.3) is 0 Å². The maximum Gasteiger partial charge on any atom is 0.243 e. The second kappa shape index (κ2) is 7.39. The SMILES string of the molecule is CCCC(C)(N)C(=O)N1CCN(S(=O)(=O)c2cccc(Cl)c2)CC1. The van der Waals surface area contributed by atoms with Crippen molar-refractivity contribution < 1.29 is 13.2 Å². The number of nitrogens with two attached hydrogens (primary N) is 1. The molecule has 1 aliphatic rings. The van der Waals surface area contributed by atoms with E-state index in [4.69, 9.17) is 17.3 Å². The van der Waals surface area contributed by atoms with Crippen molar-refractivity contribution in [3.63, 3.8) is 0 Å². The van der Waals surface area contributed by atoms with Gasteiger partial charge in [-0.05, 0) is 31.5 Å². The number of carbonyl (C=O) groups is 1. The normalized spacial score (nSPS) is 19.1. The fraction of sp³-hybridized carbons (Fsp3) is 0.562. The molecule has 0 aliphatic carbocycles. The van der Waals surface area contributed by atoms with E-state index in [0.29, 0.717) is 24.5 Å². The van der Waals surface area contributed by atoms with Gasteiger partial charge in [-0.3, -0.25) is 4.79 Å². The molecule has 8 heteroatoms. The van der Waals surface area contributed by atoms with Gasteiger partial charge in [-0.2, -0.15) is 4.31 Å². The molecule has 1 saturated heterocycles. The zero-order valence-electron chi connectivity index (χ0n) is 14.0. The lowest BCUT2D eigenvalue weighted by Crippen LogP contribution is -2.58. The maximum absolute atomic E-state index is 12.7. The number of sulfonamides is 1. The predicted octanol–water partition coefficient (Wildman–Crippen LogP) is 1.69. The molecule has 24 heavy (non-hydrogen) atoms. The summed E-state index contributed by atoms with van der Waals surface area (Å²) < 4.78 is 26.7. The topological polar surface area (TPSA) is 83.7 Å². The summed E-state index contributed by atoms with van der Waals surface area (Å²) in [5.41, 5.74) is 5.19. The molecule has 1 amide bonds. The van der Waals surface area contributed by atoms with E-state index in [1.54, 1.807) is 24.0 Å². The van der Waals surface area contributed by atoms with Gasteiger partial charge in [0.1, 0.15) is 0 Å². The van der Waals surface area contributed by atoms with E-state index in [0.717, 1.165) is 6.42 Å². The largest absolute Gasteiger partial charge is 0.338 e. The molecule has 0 aromatic heterocycles. The first-order chi connectivity index (χ1) is 11.2. The third-order valence-corrected chi connectivity index (χ3v) is 6.35. The average Bonchev–Trinajstić information content (AvgIpc) is 2.54. The van der Waals surface area contributed by atoms with Crippen molar-refractivity contribution in [2.24, 2.45) is 5.73 Å². The second-order valence-electron chi connectivity index (χ2n) is 6.32. The molecular weight excluding hydrogens is 350 g/mol. The van der Waals surface area contributed by atoms with Crippen LogP contribution >= 0.6 is 11.6 Å². The standard InChI is InChI=1S/C16H24ClN3O3S/c1-3-7-16(2,18)15(21)19-8-10-20(11-9-19)24(22,23)14-6-4-5-13(17)12-14/h4-6,12H,3,7-11,18H2,1-2H3. The smallest absolute Gasteiger partial charge is 0.243 e. The lowest BCUT2D eigenvalue weighted by Gasteiger charge is -2.37. The quantitative estimate of drug-likeness (QED) is 0.851. The molecule has 2 rings (SSSR count). The van der Waals surface area contributed by atoms with E-state index in [1.807, 2.05) is 6.92 Å². The molecule has 1 unspecified atom stereocenters. The first kappa shape index (κ1) is 19.2. The Morgan fingerprint density at radius 2 is 1.92 bits per heavy atom. The summed E-state index contributed by atoms with van der Waals surface area (Å²) in [5, 5.41) is 0.378. The van der Waals surface area contributed by atoms with Crippen LogP contribution in [0, 0.1) is 0 Å². The number of piperazine rings is 1. The van der Waals surface area contributed by atoms with Crippen LogP contribution in [-0.2, 0) is 14.8 Å². The summed E-state index contributed by atoms with van der Waals surface area (Å²) in [7, 11) is -3.60. The first-order valence-electron chi connectivity index (χ1n) is 8.02. The van der Waals surface area contributed by atoms with Crippen LogP contribution in [0.3, 0.4) is 0 Å². The summed E-state index contributed by atoms with van der Waals surface area (Å²) in [6, 6.07) is 6.20. The van der Waals surface area contributed by atoms with E-state index >= 15 is 0 Å².